The first kappa shape index (κ1) is 13.2. The van der Waals surface area contributed by atoms with Gasteiger partial charge in [-0.2, -0.15) is 0 Å². The summed E-state index contributed by atoms with van der Waals surface area (Å²) in [6, 6.07) is 10.4. The molecule has 104 valence electrons. The first-order valence-corrected chi connectivity index (χ1v) is 7.24. The summed E-state index contributed by atoms with van der Waals surface area (Å²) in [4.78, 5) is 10.8. The van der Waals surface area contributed by atoms with Crippen LogP contribution in [0.15, 0.2) is 42.7 Å². The molecule has 0 amide bonds. The lowest BCUT2D eigenvalue weighted by molar-refractivity contribution is 0.523. The molecule has 0 radical (unpaired) electrons. The van der Waals surface area contributed by atoms with Crippen LogP contribution in [0.5, 0.6) is 0 Å². The smallest absolute Gasteiger partial charge is 0.152 e. The van der Waals surface area contributed by atoms with E-state index in [-0.39, 0.29) is 0 Å². The second-order valence-electron chi connectivity index (χ2n) is 4.94. The second kappa shape index (κ2) is 6.09. The van der Waals surface area contributed by atoms with Gasteiger partial charge in [0.25, 0.3) is 0 Å². The zero-order chi connectivity index (χ0) is 13.8. The number of aromatic nitrogens is 2. The average molecular weight is 289 g/mol. The van der Waals surface area contributed by atoms with Gasteiger partial charge in [0.05, 0.1) is 5.69 Å². The molecule has 0 aliphatic carbocycles. The third-order valence-electron chi connectivity index (χ3n) is 3.59. The van der Waals surface area contributed by atoms with Crippen molar-refractivity contribution in [2.24, 2.45) is 0 Å². The molecule has 0 aromatic carbocycles. The number of anilines is 2. The number of piperidine rings is 1. The van der Waals surface area contributed by atoms with Gasteiger partial charge in [-0.1, -0.05) is 17.7 Å². The Hall–Kier alpha value is -1.81. The van der Waals surface area contributed by atoms with Crippen molar-refractivity contribution >= 4 is 23.1 Å². The van der Waals surface area contributed by atoms with Gasteiger partial charge in [-0.15, -0.1) is 0 Å². The molecule has 1 aliphatic rings. The van der Waals surface area contributed by atoms with Crippen molar-refractivity contribution < 1.29 is 0 Å². The Balaban J connectivity index is 1.58. The fourth-order valence-electron chi connectivity index (χ4n) is 2.51. The van der Waals surface area contributed by atoms with E-state index in [1.54, 1.807) is 6.20 Å². The van der Waals surface area contributed by atoms with Gasteiger partial charge in [0, 0.05) is 31.5 Å². The number of rotatable bonds is 3. The summed E-state index contributed by atoms with van der Waals surface area (Å²) in [5.74, 6) is 1.06. The van der Waals surface area contributed by atoms with Crippen LogP contribution in [0.3, 0.4) is 0 Å². The van der Waals surface area contributed by atoms with Gasteiger partial charge in [-0.3, -0.25) is 0 Å². The largest absolute Gasteiger partial charge is 0.380 e. The number of pyridine rings is 2. The van der Waals surface area contributed by atoms with Gasteiger partial charge in [0.2, 0.25) is 0 Å². The molecule has 0 atom stereocenters. The third-order valence-corrected chi connectivity index (χ3v) is 3.89. The lowest BCUT2D eigenvalue weighted by atomic mass is 10.0. The van der Waals surface area contributed by atoms with E-state index in [1.807, 2.05) is 30.5 Å². The fourth-order valence-corrected chi connectivity index (χ4v) is 2.68. The fraction of sp³-hybridized carbons (Fsp3) is 0.333. The molecule has 0 bridgehead atoms. The lowest BCUT2D eigenvalue weighted by Crippen LogP contribution is -2.39. The number of halogens is 1. The maximum Gasteiger partial charge on any atom is 0.152 e. The van der Waals surface area contributed by atoms with E-state index < -0.39 is 0 Å². The molecule has 5 heteroatoms. The summed E-state index contributed by atoms with van der Waals surface area (Å²) in [5, 5.41) is 4.02. The van der Waals surface area contributed by atoms with Gasteiger partial charge >= 0.3 is 0 Å². The molecule has 1 aliphatic heterocycles. The Bertz CT molecular complexity index is 553. The van der Waals surface area contributed by atoms with Crippen molar-refractivity contribution in [1.29, 1.82) is 0 Å². The SMILES string of the molecule is Clc1ncccc1NC1CCN(c2ccccn2)CC1. The van der Waals surface area contributed by atoms with Crippen molar-refractivity contribution in [1.82, 2.24) is 9.97 Å². The molecule has 4 nitrogen and oxygen atoms in total. The maximum absolute atomic E-state index is 6.07. The summed E-state index contributed by atoms with van der Waals surface area (Å²) in [5.41, 5.74) is 0.922. The highest BCUT2D eigenvalue weighted by Crippen LogP contribution is 2.23. The van der Waals surface area contributed by atoms with E-state index in [1.165, 1.54) is 0 Å². The van der Waals surface area contributed by atoms with Crippen LogP contribution in [0.4, 0.5) is 11.5 Å². The molecular weight excluding hydrogens is 272 g/mol. The Kier molecular flexibility index (Phi) is 4.02. The standard InChI is InChI=1S/C15H17ClN4/c16-15-13(4-3-9-18-15)19-12-6-10-20(11-7-12)14-5-1-2-8-17-14/h1-5,8-9,12,19H,6-7,10-11H2. The first-order valence-electron chi connectivity index (χ1n) is 6.86. The van der Waals surface area contributed by atoms with E-state index in [2.05, 4.69) is 26.3 Å². The highest BCUT2D eigenvalue weighted by molar-refractivity contribution is 6.31. The van der Waals surface area contributed by atoms with Gasteiger partial charge < -0.3 is 10.2 Å². The summed E-state index contributed by atoms with van der Waals surface area (Å²) < 4.78 is 0. The minimum absolute atomic E-state index is 0.441. The van der Waals surface area contributed by atoms with Crippen molar-refractivity contribution in [2.45, 2.75) is 18.9 Å². The molecule has 0 spiro atoms. The van der Waals surface area contributed by atoms with Crippen LogP contribution < -0.4 is 10.2 Å². The molecule has 20 heavy (non-hydrogen) atoms. The van der Waals surface area contributed by atoms with Crippen molar-refractivity contribution in [3.8, 4) is 0 Å². The van der Waals surface area contributed by atoms with Gasteiger partial charge in [-0.05, 0) is 37.1 Å². The Morgan fingerprint density at radius 3 is 2.55 bits per heavy atom. The van der Waals surface area contributed by atoms with E-state index in [0.717, 1.165) is 37.4 Å². The molecule has 2 aromatic heterocycles. The summed E-state index contributed by atoms with van der Waals surface area (Å²) in [6.45, 7) is 2.01. The first-order chi connectivity index (χ1) is 9.83. The second-order valence-corrected chi connectivity index (χ2v) is 5.29. The molecule has 1 fully saturated rings. The Labute approximate surface area is 123 Å². The quantitative estimate of drug-likeness (QED) is 0.881. The van der Waals surface area contributed by atoms with Gasteiger partial charge in [0.15, 0.2) is 5.15 Å². The zero-order valence-electron chi connectivity index (χ0n) is 11.2. The van der Waals surface area contributed by atoms with Crippen LogP contribution in [-0.2, 0) is 0 Å². The Morgan fingerprint density at radius 2 is 1.85 bits per heavy atom. The molecular formula is C15H17ClN4. The summed E-state index contributed by atoms with van der Waals surface area (Å²) in [6.07, 6.45) is 5.69. The molecule has 0 unspecified atom stereocenters. The van der Waals surface area contributed by atoms with Crippen molar-refractivity contribution in [3.63, 3.8) is 0 Å². The van der Waals surface area contributed by atoms with Crippen LogP contribution in [0.1, 0.15) is 12.8 Å². The summed E-state index contributed by atoms with van der Waals surface area (Å²) in [7, 11) is 0. The van der Waals surface area contributed by atoms with Crippen LogP contribution in [0.2, 0.25) is 5.15 Å². The number of hydrogen-bond acceptors (Lipinski definition) is 4. The summed E-state index contributed by atoms with van der Waals surface area (Å²) >= 11 is 6.07. The highest BCUT2D eigenvalue weighted by atomic mass is 35.5. The third kappa shape index (κ3) is 3.02. The predicted molar refractivity (Wildman–Crippen MR) is 82.3 cm³/mol. The van der Waals surface area contributed by atoms with E-state index in [0.29, 0.717) is 11.2 Å². The van der Waals surface area contributed by atoms with Crippen molar-refractivity contribution in [3.05, 3.63) is 47.9 Å². The molecule has 0 saturated carbocycles. The molecule has 3 heterocycles. The number of hydrogen-bond donors (Lipinski definition) is 1. The molecule has 3 rings (SSSR count). The van der Waals surface area contributed by atoms with Gasteiger partial charge in [0.1, 0.15) is 5.82 Å². The average Bonchev–Trinajstić information content (AvgIpc) is 2.51. The number of nitrogens with zero attached hydrogens (tertiary/aromatic N) is 3. The number of nitrogens with one attached hydrogen (secondary N) is 1. The Morgan fingerprint density at radius 1 is 1.05 bits per heavy atom. The molecule has 1 saturated heterocycles. The van der Waals surface area contributed by atoms with Crippen molar-refractivity contribution in [2.75, 3.05) is 23.3 Å². The van der Waals surface area contributed by atoms with E-state index >= 15 is 0 Å². The van der Waals surface area contributed by atoms with E-state index in [9.17, 15) is 0 Å². The predicted octanol–water partition coefficient (Wildman–Crippen LogP) is 3.21. The van der Waals surface area contributed by atoms with Crippen LogP contribution in [0, 0.1) is 0 Å². The minimum atomic E-state index is 0.441. The minimum Gasteiger partial charge on any atom is -0.380 e. The molecule has 1 N–H and O–H groups in total. The lowest BCUT2D eigenvalue weighted by Gasteiger charge is -2.33. The van der Waals surface area contributed by atoms with E-state index in [4.69, 9.17) is 11.6 Å². The monoisotopic (exact) mass is 288 g/mol. The highest BCUT2D eigenvalue weighted by Gasteiger charge is 2.20. The normalized spacial score (nSPS) is 16.1. The van der Waals surface area contributed by atoms with Crippen LogP contribution >= 0.6 is 11.6 Å². The topological polar surface area (TPSA) is 41.1 Å². The maximum atomic E-state index is 6.07. The van der Waals surface area contributed by atoms with Crippen LogP contribution in [0.25, 0.3) is 0 Å². The molecule has 2 aromatic rings. The zero-order valence-corrected chi connectivity index (χ0v) is 11.9. The van der Waals surface area contributed by atoms with Crippen LogP contribution in [-0.4, -0.2) is 29.1 Å². The van der Waals surface area contributed by atoms with Gasteiger partial charge in [-0.25, -0.2) is 9.97 Å².